The SMILES string of the molecule is NNC(Cc1cccc(Cl)c1)c1cc2cccc(Br)c2o1. The van der Waals surface area contributed by atoms with Gasteiger partial charge in [0.25, 0.3) is 0 Å². The van der Waals surface area contributed by atoms with E-state index in [4.69, 9.17) is 21.9 Å². The Labute approximate surface area is 136 Å². The van der Waals surface area contributed by atoms with Crippen molar-refractivity contribution in [1.82, 2.24) is 5.43 Å². The number of benzene rings is 2. The number of hydrogen-bond acceptors (Lipinski definition) is 3. The van der Waals surface area contributed by atoms with E-state index in [1.807, 2.05) is 48.5 Å². The van der Waals surface area contributed by atoms with Gasteiger partial charge in [-0.05, 0) is 52.2 Å². The predicted molar refractivity (Wildman–Crippen MR) is 89.1 cm³/mol. The van der Waals surface area contributed by atoms with Gasteiger partial charge < -0.3 is 4.42 Å². The number of hydrazine groups is 1. The minimum atomic E-state index is -0.109. The highest BCUT2D eigenvalue weighted by molar-refractivity contribution is 9.10. The minimum Gasteiger partial charge on any atom is -0.458 e. The first-order chi connectivity index (χ1) is 10.2. The fourth-order valence-electron chi connectivity index (χ4n) is 2.36. The number of halogens is 2. The fourth-order valence-corrected chi connectivity index (χ4v) is 3.04. The molecule has 1 aromatic heterocycles. The highest BCUT2D eigenvalue weighted by Crippen LogP contribution is 2.30. The van der Waals surface area contributed by atoms with Crippen LogP contribution in [-0.2, 0) is 6.42 Å². The summed E-state index contributed by atoms with van der Waals surface area (Å²) < 4.78 is 6.87. The van der Waals surface area contributed by atoms with Crippen LogP contribution in [0.1, 0.15) is 17.4 Å². The van der Waals surface area contributed by atoms with Crippen molar-refractivity contribution in [2.75, 3.05) is 0 Å². The van der Waals surface area contributed by atoms with Crippen LogP contribution >= 0.6 is 27.5 Å². The van der Waals surface area contributed by atoms with Gasteiger partial charge >= 0.3 is 0 Å². The van der Waals surface area contributed by atoms with Crippen LogP contribution in [0.3, 0.4) is 0 Å². The first kappa shape index (κ1) is 14.6. The topological polar surface area (TPSA) is 51.2 Å². The lowest BCUT2D eigenvalue weighted by molar-refractivity contribution is 0.434. The summed E-state index contributed by atoms with van der Waals surface area (Å²) in [6.07, 6.45) is 0.703. The second kappa shape index (κ2) is 6.20. The molecule has 3 nitrogen and oxygen atoms in total. The lowest BCUT2D eigenvalue weighted by Crippen LogP contribution is -2.29. The van der Waals surface area contributed by atoms with Crippen molar-refractivity contribution in [3.05, 3.63) is 69.3 Å². The molecule has 0 aliphatic rings. The maximum Gasteiger partial charge on any atom is 0.148 e. The molecule has 0 spiro atoms. The van der Waals surface area contributed by atoms with E-state index in [1.54, 1.807) is 0 Å². The molecule has 0 aliphatic heterocycles. The van der Waals surface area contributed by atoms with Crippen molar-refractivity contribution in [3.8, 4) is 0 Å². The number of nitrogens with two attached hydrogens (primary N) is 1. The molecule has 0 aliphatic carbocycles. The molecule has 2 aromatic carbocycles. The van der Waals surface area contributed by atoms with Gasteiger partial charge in [-0.15, -0.1) is 0 Å². The van der Waals surface area contributed by atoms with E-state index >= 15 is 0 Å². The van der Waals surface area contributed by atoms with Crippen LogP contribution in [0, 0.1) is 0 Å². The first-order valence-corrected chi connectivity index (χ1v) is 7.73. The van der Waals surface area contributed by atoms with E-state index in [-0.39, 0.29) is 6.04 Å². The van der Waals surface area contributed by atoms with Gasteiger partial charge in [-0.25, -0.2) is 5.43 Å². The summed E-state index contributed by atoms with van der Waals surface area (Å²) in [6, 6.07) is 15.6. The summed E-state index contributed by atoms with van der Waals surface area (Å²) in [6.45, 7) is 0. The number of fused-ring (bicyclic) bond motifs is 1. The second-order valence-corrected chi connectivity index (χ2v) is 6.15. The van der Waals surface area contributed by atoms with Crippen LogP contribution in [0.15, 0.2) is 57.4 Å². The first-order valence-electron chi connectivity index (χ1n) is 6.56. The summed E-state index contributed by atoms with van der Waals surface area (Å²) in [7, 11) is 0. The number of hydrogen-bond donors (Lipinski definition) is 2. The molecule has 1 unspecified atom stereocenters. The van der Waals surface area contributed by atoms with Crippen molar-refractivity contribution >= 4 is 38.5 Å². The van der Waals surface area contributed by atoms with Gasteiger partial charge in [-0.2, -0.15) is 0 Å². The van der Waals surface area contributed by atoms with E-state index in [0.717, 1.165) is 31.8 Å². The molecule has 3 N–H and O–H groups in total. The smallest absolute Gasteiger partial charge is 0.148 e. The Kier molecular flexibility index (Phi) is 4.31. The van der Waals surface area contributed by atoms with Crippen molar-refractivity contribution < 1.29 is 4.42 Å². The zero-order chi connectivity index (χ0) is 14.8. The molecule has 0 fully saturated rings. The number of nitrogens with one attached hydrogen (secondary N) is 1. The molecule has 0 saturated heterocycles. The van der Waals surface area contributed by atoms with Gasteiger partial charge in [0.05, 0.1) is 10.5 Å². The summed E-state index contributed by atoms with van der Waals surface area (Å²) in [5, 5.41) is 1.77. The van der Waals surface area contributed by atoms with Crippen LogP contribution in [0.4, 0.5) is 0 Å². The molecule has 0 bridgehead atoms. The minimum absolute atomic E-state index is 0.109. The molecule has 0 radical (unpaired) electrons. The van der Waals surface area contributed by atoms with Crippen LogP contribution in [0.25, 0.3) is 11.0 Å². The van der Waals surface area contributed by atoms with Gasteiger partial charge in [-0.3, -0.25) is 5.84 Å². The molecule has 3 rings (SSSR count). The van der Waals surface area contributed by atoms with E-state index in [0.29, 0.717) is 6.42 Å². The summed E-state index contributed by atoms with van der Waals surface area (Å²) in [5.41, 5.74) is 4.75. The summed E-state index contributed by atoms with van der Waals surface area (Å²) in [4.78, 5) is 0. The van der Waals surface area contributed by atoms with Crippen LogP contribution < -0.4 is 11.3 Å². The Morgan fingerprint density at radius 2 is 2.00 bits per heavy atom. The molecule has 5 heteroatoms. The Morgan fingerprint density at radius 3 is 2.71 bits per heavy atom. The van der Waals surface area contributed by atoms with Crippen molar-refractivity contribution in [2.45, 2.75) is 12.5 Å². The molecule has 21 heavy (non-hydrogen) atoms. The Bertz CT molecular complexity index is 772. The molecular formula is C16H14BrClN2O. The molecular weight excluding hydrogens is 352 g/mol. The molecule has 108 valence electrons. The van der Waals surface area contributed by atoms with Crippen molar-refractivity contribution in [2.24, 2.45) is 5.84 Å². The average molecular weight is 366 g/mol. The van der Waals surface area contributed by atoms with Crippen LogP contribution in [0.2, 0.25) is 5.02 Å². The third-order valence-corrected chi connectivity index (χ3v) is 4.25. The predicted octanol–water partition coefficient (Wildman–Crippen LogP) is 4.60. The van der Waals surface area contributed by atoms with E-state index < -0.39 is 0 Å². The second-order valence-electron chi connectivity index (χ2n) is 4.86. The molecule has 0 saturated carbocycles. The monoisotopic (exact) mass is 364 g/mol. The standard InChI is InChI=1S/C16H14BrClN2O/c17-13-6-2-4-11-9-15(21-16(11)13)14(20-19)8-10-3-1-5-12(18)7-10/h1-7,9,14,20H,8,19H2. The van der Waals surface area contributed by atoms with Crippen molar-refractivity contribution in [1.29, 1.82) is 0 Å². The van der Waals surface area contributed by atoms with E-state index in [9.17, 15) is 0 Å². The Hall–Kier alpha value is -1.33. The summed E-state index contributed by atoms with van der Waals surface area (Å²) >= 11 is 9.52. The lowest BCUT2D eigenvalue weighted by atomic mass is 10.0. The highest BCUT2D eigenvalue weighted by Gasteiger charge is 2.16. The zero-order valence-corrected chi connectivity index (χ0v) is 13.5. The quantitative estimate of drug-likeness (QED) is 0.525. The molecule has 1 atom stereocenters. The normalized spacial score (nSPS) is 12.7. The summed E-state index contributed by atoms with van der Waals surface area (Å²) in [5.74, 6) is 6.50. The number of rotatable bonds is 4. The van der Waals surface area contributed by atoms with Gasteiger partial charge in [0.1, 0.15) is 11.3 Å². The largest absolute Gasteiger partial charge is 0.458 e. The van der Waals surface area contributed by atoms with E-state index in [1.165, 1.54) is 0 Å². The van der Waals surface area contributed by atoms with Gasteiger partial charge in [-0.1, -0.05) is 35.9 Å². The lowest BCUT2D eigenvalue weighted by Gasteiger charge is -2.13. The van der Waals surface area contributed by atoms with Gasteiger partial charge in [0.2, 0.25) is 0 Å². The van der Waals surface area contributed by atoms with Gasteiger partial charge in [0.15, 0.2) is 0 Å². The third kappa shape index (κ3) is 3.14. The maximum atomic E-state index is 6.02. The molecule has 0 amide bonds. The number of para-hydroxylation sites is 1. The highest BCUT2D eigenvalue weighted by atomic mass is 79.9. The maximum absolute atomic E-state index is 6.02. The Balaban J connectivity index is 1.93. The third-order valence-electron chi connectivity index (χ3n) is 3.39. The Morgan fingerprint density at radius 1 is 1.19 bits per heavy atom. The van der Waals surface area contributed by atoms with Gasteiger partial charge in [0, 0.05) is 10.4 Å². The number of furan rings is 1. The average Bonchev–Trinajstić information content (AvgIpc) is 2.90. The molecule has 1 heterocycles. The van der Waals surface area contributed by atoms with E-state index in [2.05, 4.69) is 21.4 Å². The van der Waals surface area contributed by atoms with Crippen molar-refractivity contribution in [3.63, 3.8) is 0 Å². The molecule has 3 aromatic rings. The van der Waals surface area contributed by atoms with Crippen LogP contribution in [-0.4, -0.2) is 0 Å². The zero-order valence-electron chi connectivity index (χ0n) is 11.1. The van der Waals surface area contributed by atoms with Crippen LogP contribution in [0.5, 0.6) is 0 Å². The fraction of sp³-hybridized carbons (Fsp3) is 0.125.